The van der Waals surface area contributed by atoms with Crippen LogP contribution in [-0.2, 0) is 0 Å². The molecule has 0 saturated carbocycles. The molecule has 3 aromatic carbocycles. The molecule has 0 aromatic heterocycles. The Morgan fingerprint density at radius 2 is 1.55 bits per heavy atom. The Morgan fingerprint density at radius 3 is 2.40 bits per heavy atom. The first-order valence-corrected chi connectivity index (χ1v) is 6.29. The van der Waals surface area contributed by atoms with E-state index in [4.69, 9.17) is 0 Å². The number of benzene rings is 3. The van der Waals surface area contributed by atoms with Crippen LogP contribution in [0.25, 0.3) is 10.8 Å². The maximum Gasteiger partial charge on any atom is 0.258 e. The van der Waals surface area contributed by atoms with Crippen molar-refractivity contribution in [1.82, 2.24) is 0 Å². The van der Waals surface area contributed by atoms with E-state index in [1.165, 1.54) is 12.1 Å². The van der Waals surface area contributed by atoms with Gasteiger partial charge in [0.05, 0.1) is 5.56 Å². The number of carbonyl (C=O) groups excluding carboxylic acids is 1. The first-order valence-electron chi connectivity index (χ1n) is 6.29. The van der Waals surface area contributed by atoms with Gasteiger partial charge in [-0.25, -0.2) is 4.39 Å². The van der Waals surface area contributed by atoms with E-state index in [0.717, 1.165) is 10.8 Å². The van der Waals surface area contributed by atoms with Crippen LogP contribution in [0.5, 0.6) is 0 Å². The Labute approximate surface area is 115 Å². The molecule has 0 spiro atoms. The molecule has 2 nitrogen and oxygen atoms in total. The molecule has 0 fully saturated rings. The topological polar surface area (TPSA) is 29.1 Å². The second kappa shape index (κ2) is 5.13. The minimum absolute atomic E-state index is 0.0421. The van der Waals surface area contributed by atoms with Crippen molar-refractivity contribution in [3.8, 4) is 0 Å². The summed E-state index contributed by atoms with van der Waals surface area (Å²) in [7, 11) is 0. The fourth-order valence-electron chi connectivity index (χ4n) is 2.17. The summed E-state index contributed by atoms with van der Waals surface area (Å²) in [5.74, 6) is -0.968. The number of rotatable bonds is 2. The van der Waals surface area contributed by atoms with E-state index >= 15 is 0 Å². The van der Waals surface area contributed by atoms with E-state index in [1.54, 1.807) is 18.2 Å². The lowest BCUT2D eigenvalue weighted by Gasteiger charge is -2.09. The molecule has 0 heterocycles. The lowest BCUT2D eigenvalue weighted by Crippen LogP contribution is -2.13. The van der Waals surface area contributed by atoms with Gasteiger partial charge in [-0.15, -0.1) is 0 Å². The predicted octanol–water partition coefficient (Wildman–Crippen LogP) is 4.23. The average molecular weight is 265 g/mol. The molecule has 0 saturated heterocycles. The van der Waals surface area contributed by atoms with Crippen LogP contribution >= 0.6 is 0 Å². The zero-order chi connectivity index (χ0) is 13.9. The summed E-state index contributed by atoms with van der Waals surface area (Å²) >= 11 is 0. The van der Waals surface area contributed by atoms with Gasteiger partial charge in [0, 0.05) is 11.1 Å². The Morgan fingerprint density at radius 1 is 0.850 bits per heavy atom. The number of anilines is 1. The van der Waals surface area contributed by atoms with Crippen molar-refractivity contribution >= 4 is 22.4 Å². The lowest BCUT2D eigenvalue weighted by atomic mass is 10.1. The highest BCUT2D eigenvalue weighted by molar-refractivity contribution is 6.09. The minimum Gasteiger partial charge on any atom is -0.321 e. The summed E-state index contributed by atoms with van der Waals surface area (Å²) in [6.45, 7) is 0. The summed E-state index contributed by atoms with van der Waals surface area (Å²) in [6, 6.07) is 19.3. The molecule has 20 heavy (non-hydrogen) atoms. The van der Waals surface area contributed by atoms with Gasteiger partial charge in [0.2, 0.25) is 0 Å². The number of nitrogens with one attached hydrogen (secondary N) is 1. The van der Waals surface area contributed by atoms with E-state index in [9.17, 15) is 9.18 Å². The van der Waals surface area contributed by atoms with Crippen molar-refractivity contribution in [2.75, 3.05) is 5.32 Å². The van der Waals surface area contributed by atoms with Crippen LogP contribution < -0.4 is 5.32 Å². The average Bonchev–Trinajstić information content (AvgIpc) is 2.48. The molecule has 3 heteroatoms. The quantitative estimate of drug-likeness (QED) is 0.738. The zero-order valence-electron chi connectivity index (χ0n) is 10.6. The molecule has 0 aliphatic carbocycles. The Kier molecular flexibility index (Phi) is 3.17. The van der Waals surface area contributed by atoms with Crippen LogP contribution in [0.3, 0.4) is 0 Å². The third-order valence-corrected chi connectivity index (χ3v) is 3.16. The third kappa shape index (κ3) is 2.26. The molecule has 0 atom stereocenters. The largest absolute Gasteiger partial charge is 0.321 e. The van der Waals surface area contributed by atoms with Crippen molar-refractivity contribution in [2.24, 2.45) is 0 Å². The van der Waals surface area contributed by atoms with Gasteiger partial charge in [0.1, 0.15) is 5.82 Å². The highest BCUT2D eigenvalue weighted by atomic mass is 19.1. The van der Waals surface area contributed by atoms with Gasteiger partial charge in [-0.2, -0.15) is 0 Å². The van der Waals surface area contributed by atoms with Crippen LogP contribution in [0.1, 0.15) is 10.4 Å². The van der Waals surface area contributed by atoms with Gasteiger partial charge < -0.3 is 5.32 Å². The maximum atomic E-state index is 13.6. The van der Waals surface area contributed by atoms with Gasteiger partial charge in [0.15, 0.2) is 0 Å². The standard InChI is InChI=1S/C17H12FNO/c18-15-10-4-3-9-14(15)17(20)19-16-11-5-7-12-6-1-2-8-13(12)16/h1-11H,(H,19,20). The highest BCUT2D eigenvalue weighted by Gasteiger charge is 2.11. The van der Waals surface area contributed by atoms with E-state index in [1.807, 2.05) is 36.4 Å². The molecular weight excluding hydrogens is 253 g/mol. The minimum atomic E-state index is -0.523. The number of hydrogen-bond acceptors (Lipinski definition) is 1. The summed E-state index contributed by atoms with van der Waals surface area (Å²) in [5.41, 5.74) is 0.719. The normalized spacial score (nSPS) is 10.4. The van der Waals surface area contributed by atoms with Crippen LogP contribution in [0, 0.1) is 5.82 Å². The van der Waals surface area contributed by atoms with Crippen molar-refractivity contribution in [2.45, 2.75) is 0 Å². The molecule has 98 valence electrons. The van der Waals surface area contributed by atoms with Gasteiger partial charge in [-0.3, -0.25) is 4.79 Å². The maximum absolute atomic E-state index is 13.6. The first-order chi connectivity index (χ1) is 9.75. The van der Waals surface area contributed by atoms with E-state index in [-0.39, 0.29) is 5.56 Å². The number of fused-ring (bicyclic) bond motifs is 1. The van der Waals surface area contributed by atoms with E-state index in [0.29, 0.717) is 5.69 Å². The van der Waals surface area contributed by atoms with Crippen molar-refractivity contribution < 1.29 is 9.18 Å². The molecule has 0 bridgehead atoms. The van der Waals surface area contributed by atoms with E-state index in [2.05, 4.69) is 5.32 Å². The van der Waals surface area contributed by atoms with Gasteiger partial charge >= 0.3 is 0 Å². The fourth-order valence-corrected chi connectivity index (χ4v) is 2.17. The molecule has 0 unspecified atom stereocenters. The lowest BCUT2D eigenvalue weighted by molar-refractivity contribution is 0.102. The monoisotopic (exact) mass is 265 g/mol. The highest BCUT2D eigenvalue weighted by Crippen LogP contribution is 2.23. The Balaban J connectivity index is 1.98. The van der Waals surface area contributed by atoms with Crippen molar-refractivity contribution in [1.29, 1.82) is 0 Å². The molecule has 0 aliphatic heterocycles. The molecule has 1 amide bonds. The van der Waals surface area contributed by atoms with E-state index < -0.39 is 11.7 Å². The first kappa shape index (κ1) is 12.4. The molecule has 3 aromatic rings. The third-order valence-electron chi connectivity index (χ3n) is 3.16. The Hall–Kier alpha value is -2.68. The van der Waals surface area contributed by atoms with Gasteiger partial charge in [0.25, 0.3) is 5.91 Å². The number of carbonyl (C=O) groups is 1. The molecule has 1 N–H and O–H groups in total. The summed E-state index contributed by atoms with van der Waals surface area (Å²) < 4.78 is 13.6. The Bertz CT molecular complexity index is 777. The van der Waals surface area contributed by atoms with Crippen LogP contribution in [-0.4, -0.2) is 5.91 Å². The van der Waals surface area contributed by atoms with Crippen molar-refractivity contribution in [3.63, 3.8) is 0 Å². The van der Waals surface area contributed by atoms with Gasteiger partial charge in [-0.05, 0) is 23.6 Å². The number of hydrogen-bond donors (Lipinski definition) is 1. The molecule has 3 rings (SSSR count). The van der Waals surface area contributed by atoms with Gasteiger partial charge in [-0.1, -0.05) is 48.5 Å². The fraction of sp³-hybridized carbons (Fsp3) is 0. The zero-order valence-corrected chi connectivity index (χ0v) is 10.6. The second-order valence-corrected chi connectivity index (χ2v) is 4.46. The smallest absolute Gasteiger partial charge is 0.258 e. The number of halogens is 1. The summed E-state index contributed by atoms with van der Waals surface area (Å²) in [4.78, 5) is 12.1. The number of amides is 1. The SMILES string of the molecule is O=C(Nc1cccc2ccccc12)c1ccccc1F. The van der Waals surface area contributed by atoms with Crippen LogP contribution in [0.15, 0.2) is 66.7 Å². The molecule has 0 aliphatic rings. The summed E-state index contributed by atoms with van der Waals surface area (Å²) in [5, 5.41) is 4.72. The molecule has 0 radical (unpaired) electrons. The molecular formula is C17H12FNO. The predicted molar refractivity (Wildman–Crippen MR) is 78.3 cm³/mol. The second-order valence-electron chi connectivity index (χ2n) is 4.46. The van der Waals surface area contributed by atoms with Crippen LogP contribution in [0.2, 0.25) is 0 Å². The van der Waals surface area contributed by atoms with Crippen molar-refractivity contribution in [3.05, 3.63) is 78.1 Å². The van der Waals surface area contributed by atoms with Crippen LogP contribution in [0.4, 0.5) is 10.1 Å². The summed E-state index contributed by atoms with van der Waals surface area (Å²) in [6.07, 6.45) is 0.